The van der Waals surface area contributed by atoms with Gasteiger partial charge in [0, 0.05) is 30.8 Å². The smallest absolute Gasteiger partial charge is 0.407 e. The van der Waals surface area contributed by atoms with E-state index in [0.717, 1.165) is 25.7 Å². The number of rotatable bonds is 2. The quantitative estimate of drug-likeness (QED) is 0.772. The number of amides is 1. The molecule has 1 aliphatic carbocycles. The zero-order chi connectivity index (χ0) is 17.5. The summed E-state index contributed by atoms with van der Waals surface area (Å²) in [5.74, 6) is 0. The van der Waals surface area contributed by atoms with Crippen molar-refractivity contribution < 1.29 is 15.0 Å². The predicted molar refractivity (Wildman–Crippen MR) is 93.5 cm³/mol. The molecule has 1 aromatic rings. The van der Waals surface area contributed by atoms with Crippen molar-refractivity contribution in [3.63, 3.8) is 0 Å². The number of pyridine rings is 1. The van der Waals surface area contributed by atoms with Crippen molar-refractivity contribution >= 4 is 33.6 Å². The molecule has 6 nitrogen and oxygen atoms in total. The molecule has 1 saturated carbocycles. The van der Waals surface area contributed by atoms with Crippen molar-refractivity contribution in [2.75, 3.05) is 13.1 Å². The molecule has 0 bridgehead atoms. The van der Waals surface area contributed by atoms with Gasteiger partial charge in [0.15, 0.2) is 0 Å². The van der Waals surface area contributed by atoms with Gasteiger partial charge in [-0.3, -0.25) is 4.79 Å². The zero-order valence-corrected chi connectivity index (χ0v) is 15.5. The van der Waals surface area contributed by atoms with Gasteiger partial charge in [0.2, 0.25) is 0 Å². The van der Waals surface area contributed by atoms with Crippen LogP contribution in [0.4, 0.5) is 4.79 Å². The van der Waals surface area contributed by atoms with Crippen molar-refractivity contribution in [3.05, 3.63) is 32.1 Å². The number of likely N-dealkylation sites (tertiary alicyclic amines) is 1. The normalized spacial score (nSPS) is 26.0. The predicted octanol–water partition coefficient (Wildman–Crippen LogP) is 2.94. The maximum atomic E-state index is 12.2. The van der Waals surface area contributed by atoms with Gasteiger partial charge >= 0.3 is 6.09 Å². The lowest BCUT2D eigenvalue weighted by atomic mass is 9.66. The first-order chi connectivity index (χ1) is 11.3. The van der Waals surface area contributed by atoms with E-state index in [0.29, 0.717) is 22.5 Å². The van der Waals surface area contributed by atoms with Crippen molar-refractivity contribution in [1.29, 1.82) is 0 Å². The van der Waals surface area contributed by atoms with Crippen LogP contribution in [0.3, 0.4) is 0 Å². The second-order valence-electron chi connectivity index (χ2n) is 6.91. The fraction of sp³-hybridized carbons (Fsp3) is 0.625. The van der Waals surface area contributed by atoms with Crippen LogP contribution in [0.2, 0.25) is 5.02 Å². The Bertz CT molecular complexity index is 717. The fourth-order valence-corrected chi connectivity index (χ4v) is 4.69. The highest BCUT2D eigenvalue weighted by molar-refractivity contribution is 9.10. The third kappa shape index (κ3) is 2.97. The number of carboxylic acid groups (broad SMARTS) is 1. The molecule has 2 fully saturated rings. The van der Waals surface area contributed by atoms with Crippen molar-refractivity contribution in [2.45, 2.75) is 44.2 Å². The summed E-state index contributed by atoms with van der Waals surface area (Å²) in [7, 11) is 0. The minimum Gasteiger partial charge on any atom is -0.465 e. The second kappa shape index (κ2) is 6.35. The van der Waals surface area contributed by atoms with Crippen LogP contribution in [0, 0.1) is 5.41 Å². The number of piperidine rings is 1. The monoisotopic (exact) mass is 418 g/mol. The minimum absolute atomic E-state index is 0.148. The van der Waals surface area contributed by atoms with Gasteiger partial charge in [0.25, 0.3) is 5.56 Å². The Morgan fingerprint density at radius 1 is 1.33 bits per heavy atom. The van der Waals surface area contributed by atoms with Crippen molar-refractivity contribution in [2.24, 2.45) is 5.41 Å². The summed E-state index contributed by atoms with van der Waals surface area (Å²) < 4.78 is 2.06. The Kier molecular flexibility index (Phi) is 4.70. The Hall–Kier alpha value is -1.05. The molecule has 1 saturated heterocycles. The summed E-state index contributed by atoms with van der Waals surface area (Å²) in [6, 6.07) is 1.32. The molecule has 1 aliphatic heterocycles. The second-order valence-corrected chi connectivity index (χ2v) is 8.17. The molecule has 2 aliphatic rings. The number of hydrogen-bond acceptors (Lipinski definition) is 3. The van der Waals surface area contributed by atoms with E-state index in [1.165, 1.54) is 15.5 Å². The van der Waals surface area contributed by atoms with Gasteiger partial charge in [0.05, 0.1) is 21.6 Å². The number of nitrogens with zero attached hydrogens (tertiary/aromatic N) is 2. The zero-order valence-electron chi connectivity index (χ0n) is 13.2. The van der Waals surface area contributed by atoms with E-state index < -0.39 is 17.1 Å². The minimum atomic E-state index is -1.10. The molecule has 3 rings (SSSR count). The van der Waals surface area contributed by atoms with Crippen LogP contribution in [-0.2, 0) is 6.54 Å². The lowest BCUT2D eigenvalue weighted by Crippen LogP contribution is -2.62. The summed E-state index contributed by atoms with van der Waals surface area (Å²) in [4.78, 5) is 25.0. The highest BCUT2D eigenvalue weighted by atomic mass is 79.9. The van der Waals surface area contributed by atoms with Gasteiger partial charge in [-0.15, -0.1) is 0 Å². The van der Waals surface area contributed by atoms with Gasteiger partial charge in [-0.2, -0.15) is 0 Å². The SMILES string of the molecule is O=C(O)N1CCC(O)(Cn2cc(Br)c(Cl)cc2=O)C2(CCCC2)C1. The van der Waals surface area contributed by atoms with Crippen LogP contribution in [0.1, 0.15) is 32.1 Å². The van der Waals surface area contributed by atoms with Crippen LogP contribution < -0.4 is 5.56 Å². The van der Waals surface area contributed by atoms with Crippen LogP contribution in [0.15, 0.2) is 21.5 Å². The van der Waals surface area contributed by atoms with Gasteiger partial charge in [-0.25, -0.2) is 4.79 Å². The maximum absolute atomic E-state index is 12.2. The number of carbonyl (C=O) groups is 1. The summed E-state index contributed by atoms with van der Waals surface area (Å²) in [6.07, 6.45) is 4.45. The van der Waals surface area contributed by atoms with Crippen LogP contribution in [-0.4, -0.2) is 44.5 Å². The summed E-state index contributed by atoms with van der Waals surface area (Å²) >= 11 is 9.25. The Balaban J connectivity index is 1.94. The van der Waals surface area contributed by atoms with Gasteiger partial charge in [0.1, 0.15) is 0 Å². The van der Waals surface area contributed by atoms with E-state index in [1.807, 2.05) is 0 Å². The molecule has 2 heterocycles. The molecular weight excluding hydrogens is 400 g/mol. The Morgan fingerprint density at radius 2 is 2.00 bits per heavy atom. The average Bonchev–Trinajstić information content (AvgIpc) is 2.98. The average molecular weight is 420 g/mol. The summed E-state index contributed by atoms with van der Waals surface area (Å²) in [6.45, 7) is 0.745. The molecule has 1 unspecified atom stereocenters. The highest BCUT2D eigenvalue weighted by Crippen LogP contribution is 2.51. The molecule has 132 valence electrons. The lowest BCUT2D eigenvalue weighted by Gasteiger charge is -2.51. The number of aliphatic hydroxyl groups is 1. The Labute approximate surface area is 153 Å². The molecule has 1 amide bonds. The lowest BCUT2D eigenvalue weighted by molar-refractivity contribution is -0.137. The van der Waals surface area contributed by atoms with E-state index in [1.54, 1.807) is 6.20 Å². The van der Waals surface area contributed by atoms with Crippen LogP contribution in [0.25, 0.3) is 0 Å². The van der Waals surface area contributed by atoms with Gasteiger partial charge < -0.3 is 19.7 Å². The van der Waals surface area contributed by atoms with Gasteiger partial charge in [-0.1, -0.05) is 24.4 Å². The first kappa shape index (κ1) is 17.8. The van der Waals surface area contributed by atoms with Crippen molar-refractivity contribution in [3.8, 4) is 0 Å². The van der Waals surface area contributed by atoms with Crippen molar-refractivity contribution in [1.82, 2.24) is 9.47 Å². The first-order valence-corrected chi connectivity index (χ1v) is 9.19. The molecule has 1 spiro atoms. The summed E-state index contributed by atoms with van der Waals surface area (Å²) in [5, 5.41) is 21.1. The largest absolute Gasteiger partial charge is 0.465 e. The number of aromatic nitrogens is 1. The highest BCUT2D eigenvalue weighted by Gasteiger charge is 2.55. The molecule has 2 N–H and O–H groups in total. The van der Waals surface area contributed by atoms with E-state index in [4.69, 9.17) is 11.6 Å². The van der Waals surface area contributed by atoms with E-state index >= 15 is 0 Å². The third-order valence-electron chi connectivity index (χ3n) is 5.57. The molecule has 24 heavy (non-hydrogen) atoms. The van der Waals surface area contributed by atoms with Gasteiger partial charge in [-0.05, 0) is 35.2 Å². The maximum Gasteiger partial charge on any atom is 0.407 e. The first-order valence-electron chi connectivity index (χ1n) is 8.02. The van der Waals surface area contributed by atoms with E-state index in [2.05, 4.69) is 15.9 Å². The Morgan fingerprint density at radius 3 is 2.62 bits per heavy atom. The van der Waals surface area contributed by atoms with E-state index in [-0.39, 0.29) is 18.6 Å². The molecule has 0 aromatic carbocycles. The third-order valence-corrected chi connectivity index (χ3v) is 6.74. The number of halogens is 2. The molecular formula is C16H20BrClN2O4. The molecule has 8 heteroatoms. The molecule has 0 radical (unpaired) electrons. The van der Waals surface area contributed by atoms with E-state index in [9.17, 15) is 19.8 Å². The molecule has 1 atom stereocenters. The topological polar surface area (TPSA) is 82.8 Å². The van der Waals surface area contributed by atoms with Crippen LogP contribution >= 0.6 is 27.5 Å². The standard InChI is InChI=1S/C16H20BrClN2O4/c17-11-8-20(13(21)7-12(11)18)10-16(24)5-6-19(14(22)23)9-15(16)3-1-2-4-15/h7-8,24H,1-6,9-10H2,(H,22,23). The van der Waals surface area contributed by atoms with Crippen LogP contribution in [0.5, 0.6) is 0 Å². The number of hydrogen-bond donors (Lipinski definition) is 2. The summed E-state index contributed by atoms with van der Waals surface area (Å²) in [5.41, 5.74) is -1.87. The molecule has 1 aromatic heterocycles. The fourth-order valence-electron chi connectivity index (χ4n) is 4.19.